The number of aliphatic hydroxyl groups is 1. The molecule has 0 aromatic rings. The van der Waals surface area contributed by atoms with Crippen LogP contribution >= 0.6 is 0 Å². The Kier molecular flexibility index (Phi) is 6.95. The van der Waals surface area contributed by atoms with E-state index in [1.54, 1.807) is 0 Å². The molecule has 3 aliphatic rings. The molecule has 5 atom stereocenters. The predicted octanol–water partition coefficient (Wildman–Crippen LogP) is 4.11. The topological polar surface area (TPSA) is 43.8 Å². The lowest BCUT2D eigenvalue weighted by molar-refractivity contribution is -0.127. The molecular formula is C25H42N2O2. The van der Waals surface area contributed by atoms with Gasteiger partial charge in [-0.15, -0.1) is 0 Å². The highest BCUT2D eigenvalue weighted by molar-refractivity contribution is 5.88. The summed E-state index contributed by atoms with van der Waals surface area (Å²) in [7, 11) is 2.11. The Hall–Kier alpha value is -1.13. The number of hydrogen-bond donors (Lipinski definition) is 1. The van der Waals surface area contributed by atoms with Crippen molar-refractivity contribution >= 4 is 5.91 Å². The minimum Gasteiger partial charge on any atom is -0.393 e. The lowest BCUT2D eigenvalue weighted by Gasteiger charge is -2.55. The fraction of sp³-hybridized carbons (Fsp3) is 0.800. The van der Waals surface area contributed by atoms with Gasteiger partial charge in [0.25, 0.3) is 0 Å². The lowest BCUT2D eigenvalue weighted by Crippen LogP contribution is -2.52. The molecule has 3 rings (SSSR count). The quantitative estimate of drug-likeness (QED) is 0.568. The standard InChI is InChI=1S/C25H42N2O2/c1-17(15-23(29)27-13-11-26(6)12-14-27)7-9-20-18(2)8-10-21-24(20)19(3)16-22(28)25(21,4)5/h15,19-22,24,28H,2,7-14,16H2,1,3-6H3/b17-15+. The number of amides is 1. The second-order valence-corrected chi connectivity index (χ2v) is 10.7. The average molecular weight is 403 g/mol. The maximum absolute atomic E-state index is 12.6. The van der Waals surface area contributed by atoms with Gasteiger partial charge in [-0.1, -0.05) is 38.5 Å². The minimum absolute atomic E-state index is 0.0155. The fourth-order valence-electron chi connectivity index (χ4n) is 6.17. The van der Waals surface area contributed by atoms with Crippen LogP contribution < -0.4 is 0 Å². The molecule has 5 unspecified atom stereocenters. The van der Waals surface area contributed by atoms with Crippen LogP contribution in [0.1, 0.15) is 59.8 Å². The molecule has 0 aromatic heterocycles. The third kappa shape index (κ3) is 4.80. The molecule has 164 valence electrons. The van der Waals surface area contributed by atoms with Crippen molar-refractivity contribution in [2.24, 2.45) is 29.1 Å². The van der Waals surface area contributed by atoms with Crippen molar-refractivity contribution in [2.75, 3.05) is 33.2 Å². The largest absolute Gasteiger partial charge is 0.393 e. The molecule has 0 radical (unpaired) electrons. The average Bonchev–Trinajstić information content (AvgIpc) is 2.65. The van der Waals surface area contributed by atoms with Gasteiger partial charge in [-0.25, -0.2) is 0 Å². The van der Waals surface area contributed by atoms with E-state index in [1.807, 2.05) is 11.0 Å². The number of piperazine rings is 1. The van der Waals surface area contributed by atoms with Gasteiger partial charge in [0.05, 0.1) is 6.10 Å². The van der Waals surface area contributed by atoms with Crippen molar-refractivity contribution in [3.8, 4) is 0 Å². The van der Waals surface area contributed by atoms with E-state index in [0.29, 0.717) is 23.7 Å². The summed E-state index contributed by atoms with van der Waals surface area (Å²) >= 11 is 0. The van der Waals surface area contributed by atoms with Gasteiger partial charge in [0.1, 0.15) is 0 Å². The first-order valence-electron chi connectivity index (χ1n) is 11.6. The highest BCUT2D eigenvalue weighted by atomic mass is 16.3. The van der Waals surface area contributed by atoms with Crippen LogP contribution in [-0.2, 0) is 4.79 Å². The van der Waals surface area contributed by atoms with E-state index in [4.69, 9.17) is 0 Å². The Morgan fingerprint density at radius 3 is 2.59 bits per heavy atom. The Bertz CT molecular complexity index is 645. The van der Waals surface area contributed by atoms with Gasteiger partial charge in [-0.2, -0.15) is 0 Å². The van der Waals surface area contributed by atoms with Crippen LogP contribution in [0.5, 0.6) is 0 Å². The van der Waals surface area contributed by atoms with Gasteiger partial charge in [0.15, 0.2) is 0 Å². The molecule has 0 aromatic carbocycles. The van der Waals surface area contributed by atoms with Crippen molar-refractivity contribution in [3.05, 3.63) is 23.8 Å². The summed E-state index contributed by atoms with van der Waals surface area (Å²) in [6.45, 7) is 17.0. The van der Waals surface area contributed by atoms with E-state index >= 15 is 0 Å². The molecule has 1 N–H and O–H groups in total. The molecule has 0 bridgehead atoms. The van der Waals surface area contributed by atoms with E-state index in [1.165, 1.54) is 11.1 Å². The first kappa shape index (κ1) is 22.6. The van der Waals surface area contributed by atoms with Crippen molar-refractivity contribution in [3.63, 3.8) is 0 Å². The molecule has 0 spiro atoms. The monoisotopic (exact) mass is 402 g/mol. The van der Waals surface area contributed by atoms with Crippen LogP contribution in [-0.4, -0.2) is 60.1 Å². The van der Waals surface area contributed by atoms with E-state index in [9.17, 15) is 9.90 Å². The van der Waals surface area contributed by atoms with Crippen LogP contribution in [0.15, 0.2) is 23.8 Å². The first-order valence-corrected chi connectivity index (χ1v) is 11.6. The zero-order valence-electron chi connectivity index (χ0n) is 19.3. The van der Waals surface area contributed by atoms with Crippen LogP contribution in [0, 0.1) is 29.1 Å². The van der Waals surface area contributed by atoms with Crippen LogP contribution in [0.3, 0.4) is 0 Å². The summed E-state index contributed by atoms with van der Waals surface area (Å²) < 4.78 is 0. The van der Waals surface area contributed by atoms with E-state index < -0.39 is 0 Å². The van der Waals surface area contributed by atoms with Crippen LogP contribution in [0.4, 0.5) is 0 Å². The summed E-state index contributed by atoms with van der Waals surface area (Å²) in [5.41, 5.74) is 2.56. The molecule has 1 amide bonds. The molecule has 29 heavy (non-hydrogen) atoms. The smallest absolute Gasteiger partial charge is 0.246 e. The molecule has 4 heteroatoms. The minimum atomic E-state index is -0.200. The van der Waals surface area contributed by atoms with Crippen molar-refractivity contribution in [1.29, 1.82) is 0 Å². The van der Waals surface area contributed by atoms with Gasteiger partial charge >= 0.3 is 0 Å². The molecule has 1 aliphatic heterocycles. The summed E-state index contributed by atoms with van der Waals surface area (Å²) in [5, 5.41) is 10.7. The normalized spacial score (nSPS) is 36.1. The number of hydrogen-bond acceptors (Lipinski definition) is 3. The molecular weight excluding hydrogens is 360 g/mol. The zero-order valence-corrected chi connectivity index (χ0v) is 19.3. The number of allylic oxidation sites excluding steroid dienone is 2. The third-order valence-corrected chi connectivity index (χ3v) is 8.33. The van der Waals surface area contributed by atoms with E-state index in [0.717, 1.165) is 58.3 Å². The molecule has 1 heterocycles. The maximum Gasteiger partial charge on any atom is 0.246 e. The van der Waals surface area contributed by atoms with Gasteiger partial charge in [-0.05, 0) is 75.2 Å². The van der Waals surface area contributed by atoms with Crippen molar-refractivity contribution in [2.45, 2.75) is 65.9 Å². The molecule has 3 fully saturated rings. The van der Waals surface area contributed by atoms with Gasteiger partial charge in [0, 0.05) is 32.3 Å². The van der Waals surface area contributed by atoms with E-state index in [-0.39, 0.29) is 17.4 Å². The Balaban J connectivity index is 1.63. The number of rotatable bonds is 4. The molecule has 2 aliphatic carbocycles. The number of carbonyl (C=O) groups excluding carboxylic acids is 1. The second kappa shape index (κ2) is 8.93. The summed E-state index contributed by atoms with van der Waals surface area (Å²) in [4.78, 5) is 16.9. The second-order valence-electron chi connectivity index (χ2n) is 10.7. The number of aliphatic hydroxyl groups excluding tert-OH is 1. The van der Waals surface area contributed by atoms with Gasteiger partial charge in [0.2, 0.25) is 5.91 Å². The number of fused-ring (bicyclic) bond motifs is 1. The predicted molar refractivity (Wildman–Crippen MR) is 119 cm³/mol. The fourth-order valence-corrected chi connectivity index (χ4v) is 6.17. The van der Waals surface area contributed by atoms with Gasteiger partial charge in [-0.3, -0.25) is 4.79 Å². The zero-order chi connectivity index (χ0) is 21.3. The Morgan fingerprint density at radius 2 is 1.93 bits per heavy atom. The number of nitrogens with zero attached hydrogens (tertiary/aromatic N) is 2. The first-order chi connectivity index (χ1) is 13.6. The van der Waals surface area contributed by atoms with Crippen LogP contribution in [0.25, 0.3) is 0 Å². The van der Waals surface area contributed by atoms with E-state index in [2.05, 4.69) is 46.2 Å². The Labute approximate surface area is 178 Å². The molecule has 4 nitrogen and oxygen atoms in total. The Morgan fingerprint density at radius 1 is 1.28 bits per heavy atom. The van der Waals surface area contributed by atoms with Gasteiger partial charge < -0.3 is 14.9 Å². The number of likely N-dealkylation sites (N-methyl/N-ethyl adjacent to an activating group) is 1. The number of carbonyl (C=O) groups is 1. The highest BCUT2D eigenvalue weighted by Crippen LogP contribution is 2.56. The van der Waals surface area contributed by atoms with Crippen molar-refractivity contribution < 1.29 is 9.90 Å². The highest BCUT2D eigenvalue weighted by Gasteiger charge is 2.51. The SMILES string of the molecule is C=C1CCC2C(C(C)CC(O)C2(C)C)C1CC/C(C)=C/C(=O)N1CCN(C)CC1. The summed E-state index contributed by atoms with van der Waals surface area (Å²) in [6.07, 6.45) is 6.84. The van der Waals surface area contributed by atoms with Crippen LogP contribution in [0.2, 0.25) is 0 Å². The summed E-state index contributed by atoms with van der Waals surface area (Å²) in [5.74, 6) is 2.38. The maximum atomic E-state index is 12.6. The molecule has 2 saturated carbocycles. The lowest BCUT2D eigenvalue weighted by atomic mass is 9.50. The molecule has 1 saturated heterocycles. The van der Waals surface area contributed by atoms with Crippen molar-refractivity contribution in [1.82, 2.24) is 9.80 Å². The third-order valence-electron chi connectivity index (χ3n) is 8.33. The summed E-state index contributed by atoms with van der Waals surface area (Å²) in [6, 6.07) is 0.